The fourth-order valence-electron chi connectivity index (χ4n) is 2.26. The first-order chi connectivity index (χ1) is 11.2. The number of nitrogens with zero attached hydrogens (tertiary/aromatic N) is 3. The highest BCUT2D eigenvalue weighted by molar-refractivity contribution is 5.86. The highest BCUT2D eigenvalue weighted by Crippen LogP contribution is 2.37. The molecule has 1 N–H and O–H groups in total. The number of aromatic hydroxyl groups is 1. The lowest BCUT2D eigenvalue weighted by molar-refractivity contribution is 0.452. The molecule has 0 spiro atoms. The minimum absolute atomic E-state index is 0.0672. The molecule has 0 unspecified atom stereocenters. The van der Waals surface area contributed by atoms with Crippen LogP contribution in [0.5, 0.6) is 5.75 Å². The maximum Gasteiger partial charge on any atom is 0.287 e. The average Bonchev–Trinajstić information content (AvgIpc) is 3.15. The van der Waals surface area contributed by atoms with Crippen molar-refractivity contribution in [2.24, 2.45) is 0 Å². The summed E-state index contributed by atoms with van der Waals surface area (Å²) >= 11 is 0. The molecule has 7 heteroatoms. The molecule has 23 heavy (non-hydrogen) atoms. The predicted molar refractivity (Wildman–Crippen MR) is 78.2 cm³/mol. The number of benzene rings is 1. The third-order valence-electron chi connectivity index (χ3n) is 3.35. The van der Waals surface area contributed by atoms with Crippen LogP contribution >= 0.6 is 0 Å². The van der Waals surface area contributed by atoms with E-state index in [-0.39, 0.29) is 23.2 Å². The van der Waals surface area contributed by atoms with Crippen LogP contribution < -0.4 is 0 Å². The van der Waals surface area contributed by atoms with Crippen LogP contribution in [0.3, 0.4) is 0 Å². The minimum atomic E-state index is -0.306. The molecule has 4 aromatic rings. The van der Waals surface area contributed by atoms with Gasteiger partial charge in [-0.25, -0.2) is 9.37 Å². The van der Waals surface area contributed by atoms with Crippen molar-refractivity contribution >= 4 is 11.1 Å². The smallest absolute Gasteiger partial charge is 0.287 e. The van der Waals surface area contributed by atoms with Crippen LogP contribution in [0.1, 0.15) is 11.5 Å². The monoisotopic (exact) mass is 311 g/mol. The molecule has 0 aliphatic rings. The van der Waals surface area contributed by atoms with E-state index in [0.717, 1.165) is 5.56 Å². The fourth-order valence-corrected chi connectivity index (χ4v) is 2.26. The van der Waals surface area contributed by atoms with Gasteiger partial charge in [0.05, 0.1) is 6.42 Å². The van der Waals surface area contributed by atoms with Gasteiger partial charge in [0.1, 0.15) is 5.82 Å². The normalized spacial score (nSPS) is 11.2. The molecule has 0 aliphatic carbocycles. The van der Waals surface area contributed by atoms with Crippen LogP contribution in [-0.2, 0) is 6.42 Å². The van der Waals surface area contributed by atoms with Crippen LogP contribution in [0.2, 0.25) is 0 Å². The van der Waals surface area contributed by atoms with Crippen molar-refractivity contribution in [3.8, 4) is 17.4 Å². The zero-order valence-electron chi connectivity index (χ0n) is 11.7. The third kappa shape index (κ3) is 2.42. The van der Waals surface area contributed by atoms with Crippen molar-refractivity contribution in [1.82, 2.24) is 15.2 Å². The Hall–Kier alpha value is -3.22. The number of hydrogen-bond acceptors (Lipinski definition) is 6. The molecule has 1 aromatic carbocycles. The molecule has 0 saturated heterocycles. The van der Waals surface area contributed by atoms with Gasteiger partial charge >= 0.3 is 0 Å². The van der Waals surface area contributed by atoms with Crippen LogP contribution in [0.15, 0.2) is 51.4 Å². The topological polar surface area (TPSA) is 85.2 Å². The minimum Gasteiger partial charge on any atom is -0.503 e. The molecule has 114 valence electrons. The largest absolute Gasteiger partial charge is 0.503 e. The quantitative estimate of drug-likeness (QED) is 0.625. The van der Waals surface area contributed by atoms with Crippen molar-refractivity contribution in [3.63, 3.8) is 0 Å². The number of aromatic nitrogens is 3. The first-order valence-electron chi connectivity index (χ1n) is 6.84. The highest BCUT2D eigenvalue weighted by atomic mass is 19.1. The van der Waals surface area contributed by atoms with E-state index in [4.69, 9.17) is 8.83 Å². The van der Waals surface area contributed by atoms with E-state index in [0.29, 0.717) is 23.4 Å². The van der Waals surface area contributed by atoms with E-state index in [1.165, 1.54) is 12.1 Å². The molecule has 6 nitrogen and oxygen atoms in total. The Morgan fingerprint density at radius 1 is 1.04 bits per heavy atom. The van der Waals surface area contributed by atoms with E-state index in [2.05, 4.69) is 15.2 Å². The third-order valence-corrected chi connectivity index (χ3v) is 3.35. The van der Waals surface area contributed by atoms with E-state index in [1.807, 2.05) is 0 Å². The number of pyridine rings is 1. The average molecular weight is 311 g/mol. The van der Waals surface area contributed by atoms with Gasteiger partial charge in [-0.3, -0.25) is 0 Å². The van der Waals surface area contributed by atoms with Crippen molar-refractivity contribution in [1.29, 1.82) is 0 Å². The maximum atomic E-state index is 12.9. The van der Waals surface area contributed by atoms with Crippen LogP contribution in [-0.4, -0.2) is 20.3 Å². The van der Waals surface area contributed by atoms with Crippen molar-refractivity contribution in [2.45, 2.75) is 6.42 Å². The standard InChI is InChI=1S/C16H10FN3O3/c17-10-5-3-9(4-6-10)8-12-19-20-16(23-12)15-14(21)13-11(22-15)2-1-7-18-13/h1-7,21H,8H2. The molecular weight excluding hydrogens is 301 g/mol. The Bertz CT molecular complexity index is 976. The van der Waals surface area contributed by atoms with E-state index in [9.17, 15) is 9.50 Å². The van der Waals surface area contributed by atoms with Gasteiger partial charge in [0.25, 0.3) is 5.89 Å². The second kappa shape index (κ2) is 5.20. The molecule has 0 aliphatic heterocycles. The molecule has 4 rings (SSSR count). The lowest BCUT2D eigenvalue weighted by Crippen LogP contribution is -1.88. The zero-order chi connectivity index (χ0) is 15.8. The summed E-state index contributed by atoms with van der Waals surface area (Å²) in [6.07, 6.45) is 1.90. The summed E-state index contributed by atoms with van der Waals surface area (Å²) in [5.41, 5.74) is 1.59. The number of fused-ring (bicyclic) bond motifs is 1. The summed E-state index contributed by atoms with van der Waals surface area (Å²) in [7, 11) is 0. The molecular formula is C16H10FN3O3. The van der Waals surface area contributed by atoms with Gasteiger partial charge in [0, 0.05) is 6.20 Å². The molecule has 0 atom stereocenters. The Labute approximate surface area is 129 Å². The zero-order valence-corrected chi connectivity index (χ0v) is 11.7. The Morgan fingerprint density at radius 3 is 2.65 bits per heavy atom. The number of rotatable bonds is 3. The molecule has 3 heterocycles. The van der Waals surface area contributed by atoms with E-state index in [1.54, 1.807) is 30.5 Å². The van der Waals surface area contributed by atoms with Crippen molar-refractivity contribution < 1.29 is 18.3 Å². The molecule has 0 bridgehead atoms. The van der Waals surface area contributed by atoms with Gasteiger partial charge in [0.2, 0.25) is 11.7 Å². The molecule has 0 amide bonds. The molecule has 0 radical (unpaired) electrons. The van der Waals surface area contributed by atoms with Crippen molar-refractivity contribution in [3.05, 3.63) is 59.9 Å². The van der Waals surface area contributed by atoms with Gasteiger partial charge < -0.3 is 13.9 Å². The van der Waals surface area contributed by atoms with Gasteiger partial charge in [-0.1, -0.05) is 12.1 Å². The summed E-state index contributed by atoms with van der Waals surface area (Å²) in [5.74, 6) is 0.0332. The summed E-state index contributed by atoms with van der Waals surface area (Å²) < 4.78 is 23.9. The molecule has 3 aromatic heterocycles. The summed E-state index contributed by atoms with van der Waals surface area (Å²) in [6, 6.07) is 9.39. The Morgan fingerprint density at radius 2 is 1.87 bits per heavy atom. The molecule has 0 fully saturated rings. The lowest BCUT2D eigenvalue weighted by Gasteiger charge is -1.96. The Balaban J connectivity index is 1.66. The predicted octanol–water partition coefficient (Wildman–Crippen LogP) is 3.31. The van der Waals surface area contributed by atoms with Crippen LogP contribution in [0.4, 0.5) is 4.39 Å². The van der Waals surface area contributed by atoms with Crippen LogP contribution in [0.25, 0.3) is 22.8 Å². The highest BCUT2D eigenvalue weighted by Gasteiger charge is 2.21. The van der Waals surface area contributed by atoms with Gasteiger partial charge in [-0.2, -0.15) is 0 Å². The first-order valence-corrected chi connectivity index (χ1v) is 6.84. The van der Waals surface area contributed by atoms with Crippen LogP contribution in [0, 0.1) is 5.82 Å². The molecule has 0 saturated carbocycles. The second-order valence-corrected chi connectivity index (χ2v) is 4.93. The SMILES string of the molecule is Oc1c(-c2nnc(Cc3ccc(F)cc3)o2)oc2cccnc12. The van der Waals surface area contributed by atoms with E-state index >= 15 is 0 Å². The summed E-state index contributed by atoms with van der Waals surface area (Å²) in [5, 5.41) is 18.0. The maximum absolute atomic E-state index is 12.9. The van der Waals surface area contributed by atoms with E-state index < -0.39 is 0 Å². The van der Waals surface area contributed by atoms with Crippen molar-refractivity contribution in [2.75, 3.05) is 0 Å². The lowest BCUT2D eigenvalue weighted by atomic mass is 10.1. The fraction of sp³-hybridized carbons (Fsp3) is 0.0625. The summed E-state index contributed by atoms with van der Waals surface area (Å²) in [6.45, 7) is 0. The second-order valence-electron chi connectivity index (χ2n) is 4.93. The number of hydrogen-bond donors (Lipinski definition) is 1. The number of halogens is 1. The summed E-state index contributed by atoms with van der Waals surface area (Å²) in [4.78, 5) is 4.04. The van der Waals surface area contributed by atoms with Gasteiger partial charge in [0.15, 0.2) is 16.8 Å². The van der Waals surface area contributed by atoms with Gasteiger partial charge in [-0.05, 0) is 29.8 Å². The first kappa shape index (κ1) is 13.4. The Kier molecular flexibility index (Phi) is 3.04. The number of furan rings is 1. The van der Waals surface area contributed by atoms with Gasteiger partial charge in [-0.15, -0.1) is 10.2 Å².